The first-order valence-electron chi connectivity index (χ1n) is 5.17. The molecule has 0 aliphatic heterocycles. The molecule has 0 heterocycles. The molecule has 5 heteroatoms. The summed E-state index contributed by atoms with van der Waals surface area (Å²) < 4.78 is 0. The first-order chi connectivity index (χ1) is 6.99. The molecule has 0 spiro atoms. The van der Waals surface area contributed by atoms with E-state index in [1.54, 1.807) is 23.9 Å². The lowest BCUT2D eigenvalue weighted by Crippen LogP contribution is -2.39. The molecule has 0 bridgehead atoms. The Labute approximate surface area is 90.7 Å². The third kappa shape index (κ3) is 5.93. The summed E-state index contributed by atoms with van der Waals surface area (Å²) in [5.41, 5.74) is 0. The van der Waals surface area contributed by atoms with Crippen molar-refractivity contribution in [1.29, 1.82) is 0 Å². The molecule has 0 aromatic carbocycles. The summed E-state index contributed by atoms with van der Waals surface area (Å²) in [6, 6.07) is -0.0535. The van der Waals surface area contributed by atoms with Crippen molar-refractivity contribution >= 4 is 12.0 Å². The molecule has 2 amide bonds. The number of rotatable bonds is 6. The first kappa shape index (κ1) is 13.7. The topological polar surface area (TPSA) is 60.9 Å². The van der Waals surface area contributed by atoms with Gasteiger partial charge in [0.2, 0.25) is 0 Å². The molecule has 5 nitrogen and oxygen atoms in total. The molecule has 0 rings (SSSR count). The number of amides is 2. The summed E-state index contributed by atoms with van der Waals surface area (Å²) in [4.78, 5) is 25.1. The Hall–Kier alpha value is -1.26. The van der Waals surface area contributed by atoms with Gasteiger partial charge in [-0.3, -0.25) is 4.79 Å². The van der Waals surface area contributed by atoms with E-state index in [4.69, 9.17) is 5.11 Å². The van der Waals surface area contributed by atoms with E-state index in [9.17, 15) is 9.59 Å². The van der Waals surface area contributed by atoms with Crippen molar-refractivity contribution in [3.63, 3.8) is 0 Å². The highest BCUT2D eigenvalue weighted by Crippen LogP contribution is 1.98. The molecular formula is C10H20N2O3. The van der Waals surface area contributed by atoms with Crippen LogP contribution in [0.15, 0.2) is 0 Å². The van der Waals surface area contributed by atoms with Gasteiger partial charge in [-0.05, 0) is 12.8 Å². The number of urea groups is 1. The van der Waals surface area contributed by atoms with Crippen LogP contribution in [0.1, 0.15) is 26.2 Å². The molecule has 0 saturated heterocycles. The van der Waals surface area contributed by atoms with Crippen molar-refractivity contribution in [2.24, 2.45) is 0 Å². The van der Waals surface area contributed by atoms with Crippen LogP contribution in [-0.4, -0.2) is 54.1 Å². The number of carboxylic acid groups (broad SMARTS) is 1. The average molecular weight is 216 g/mol. The predicted molar refractivity (Wildman–Crippen MR) is 57.8 cm³/mol. The molecule has 15 heavy (non-hydrogen) atoms. The predicted octanol–water partition coefficient (Wildman–Crippen LogP) is 1.24. The van der Waals surface area contributed by atoms with Gasteiger partial charge in [-0.1, -0.05) is 6.92 Å². The Morgan fingerprint density at radius 1 is 1.13 bits per heavy atom. The Balaban J connectivity index is 3.82. The van der Waals surface area contributed by atoms with Crippen molar-refractivity contribution in [3.05, 3.63) is 0 Å². The van der Waals surface area contributed by atoms with E-state index in [1.807, 2.05) is 6.92 Å². The zero-order valence-electron chi connectivity index (χ0n) is 9.69. The Morgan fingerprint density at radius 2 is 1.67 bits per heavy atom. The van der Waals surface area contributed by atoms with E-state index in [1.165, 1.54) is 0 Å². The SMILES string of the molecule is CCCN(C)C(=O)N(C)CCCC(=O)O. The number of hydrogen-bond donors (Lipinski definition) is 1. The van der Waals surface area contributed by atoms with Crippen LogP contribution in [0, 0.1) is 0 Å². The van der Waals surface area contributed by atoms with Gasteiger partial charge < -0.3 is 14.9 Å². The summed E-state index contributed by atoms with van der Waals surface area (Å²) >= 11 is 0. The van der Waals surface area contributed by atoms with E-state index in [0.29, 0.717) is 13.0 Å². The fourth-order valence-corrected chi connectivity index (χ4v) is 1.29. The second kappa shape index (κ2) is 7.09. The summed E-state index contributed by atoms with van der Waals surface area (Å²) in [7, 11) is 3.44. The molecule has 0 aliphatic rings. The fraction of sp³-hybridized carbons (Fsp3) is 0.800. The van der Waals surface area contributed by atoms with E-state index in [-0.39, 0.29) is 12.5 Å². The number of carboxylic acids is 1. The van der Waals surface area contributed by atoms with E-state index >= 15 is 0 Å². The van der Waals surface area contributed by atoms with Crippen LogP contribution in [0.4, 0.5) is 4.79 Å². The van der Waals surface area contributed by atoms with Gasteiger partial charge in [-0.15, -0.1) is 0 Å². The van der Waals surface area contributed by atoms with Crippen LogP contribution in [0.25, 0.3) is 0 Å². The number of carbonyl (C=O) groups excluding carboxylic acids is 1. The zero-order chi connectivity index (χ0) is 11.8. The molecule has 0 fully saturated rings. The highest BCUT2D eigenvalue weighted by atomic mass is 16.4. The second-order valence-corrected chi connectivity index (χ2v) is 3.62. The molecule has 0 radical (unpaired) electrons. The first-order valence-corrected chi connectivity index (χ1v) is 5.17. The van der Waals surface area contributed by atoms with Crippen LogP contribution >= 0.6 is 0 Å². The third-order valence-corrected chi connectivity index (χ3v) is 2.10. The maximum absolute atomic E-state index is 11.6. The average Bonchev–Trinajstić information content (AvgIpc) is 2.16. The smallest absolute Gasteiger partial charge is 0.319 e. The summed E-state index contributed by atoms with van der Waals surface area (Å²) in [6.07, 6.45) is 1.53. The number of aliphatic carboxylic acids is 1. The highest BCUT2D eigenvalue weighted by Gasteiger charge is 2.12. The lowest BCUT2D eigenvalue weighted by molar-refractivity contribution is -0.137. The fourth-order valence-electron chi connectivity index (χ4n) is 1.29. The molecule has 0 aromatic heterocycles. The quantitative estimate of drug-likeness (QED) is 0.726. The van der Waals surface area contributed by atoms with E-state index in [2.05, 4.69) is 0 Å². The van der Waals surface area contributed by atoms with Crippen LogP contribution in [0.2, 0.25) is 0 Å². The van der Waals surface area contributed by atoms with Crippen molar-refractivity contribution < 1.29 is 14.7 Å². The molecule has 0 atom stereocenters. The number of hydrogen-bond acceptors (Lipinski definition) is 2. The minimum absolute atomic E-state index is 0.0535. The van der Waals surface area contributed by atoms with Crippen molar-refractivity contribution in [2.75, 3.05) is 27.2 Å². The van der Waals surface area contributed by atoms with Crippen molar-refractivity contribution in [2.45, 2.75) is 26.2 Å². The summed E-state index contributed by atoms with van der Waals surface area (Å²) in [6.45, 7) is 3.22. The molecule has 0 unspecified atom stereocenters. The van der Waals surface area contributed by atoms with Crippen LogP contribution in [-0.2, 0) is 4.79 Å². The van der Waals surface area contributed by atoms with Gasteiger partial charge in [0.1, 0.15) is 0 Å². The lowest BCUT2D eigenvalue weighted by Gasteiger charge is -2.24. The van der Waals surface area contributed by atoms with Gasteiger partial charge in [-0.25, -0.2) is 4.79 Å². The van der Waals surface area contributed by atoms with Crippen LogP contribution in [0.3, 0.4) is 0 Å². The lowest BCUT2D eigenvalue weighted by atomic mass is 10.3. The second-order valence-electron chi connectivity index (χ2n) is 3.62. The molecule has 0 saturated carbocycles. The minimum atomic E-state index is -0.822. The van der Waals surface area contributed by atoms with E-state index < -0.39 is 5.97 Å². The van der Waals surface area contributed by atoms with Gasteiger partial charge >= 0.3 is 12.0 Å². The van der Waals surface area contributed by atoms with Gasteiger partial charge in [0.25, 0.3) is 0 Å². The van der Waals surface area contributed by atoms with E-state index in [0.717, 1.165) is 13.0 Å². The molecular weight excluding hydrogens is 196 g/mol. The largest absolute Gasteiger partial charge is 0.481 e. The van der Waals surface area contributed by atoms with Gasteiger partial charge in [-0.2, -0.15) is 0 Å². The summed E-state index contributed by atoms with van der Waals surface area (Å²) in [5, 5.41) is 8.44. The number of nitrogens with zero attached hydrogens (tertiary/aromatic N) is 2. The highest BCUT2D eigenvalue weighted by molar-refractivity contribution is 5.73. The Kier molecular flexibility index (Phi) is 6.49. The summed E-state index contributed by atoms with van der Waals surface area (Å²) in [5.74, 6) is -0.822. The molecule has 1 N–H and O–H groups in total. The molecule has 88 valence electrons. The van der Waals surface area contributed by atoms with Gasteiger partial charge in [0.15, 0.2) is 0 Å². The Bertz CT molecular complexity index is 219. The molecule has 0 aromatic rings. The van der Waals surface area contributed by atoms with Crippen LogP contribution < -0.4 is 0 Å². The third-order valence-electron chi connectivity index (χ3n) is 2.10. The van der Waals surface area contributed by atoms with Crippen molar-refractivity contribution in [3.8, 4) is 0 Å². The maximum atomic E-state index is 11.6. The Morgan fingerprint density at radius 3 is 2.13 bits per heavy atom. The number of carbonyl (C=O) groups is 2. The van der Waals surface area contributed by atoms with Crippen molar-refractivity contribution in [1.82, 2.24) is 9.80 Å². The standard InChI is InChI=1S/C10H20N2O3/c1-4-7-11(2)10(15)12(3)8-5-6-9(13)14/h4-8H2,1-3H3,(H,13,14). The maximum Gasteiger partial charge on any atom is 0.319 e. The van der Waals surface area contributed by atoms with Gasteiger partial charge in [0, 0.05) is 33.6 Å². The molecule has 0 aliphatic carbocycles. The van der Waals surface area contributed by atoms with Crippen LogP contribution in [0.5, 0.6) is 0 Å². The monoisotopic (exact) mass is 216 g/mol. The minimum Gasteiger partial charge on any atom is -0.481 e. The zero-order valence-corrected chi connectivity index (χ0v) is 9.69. The van der Waals surface area contributed by atoms with Gasteiger partial charge in [0.05, 0.1) is 0 Å². The normalized spacial score (nSPS) is 9.80.